The first kappa shape index (κ1) is 11.1. The Labute approximate surface area is 92.0 Å². The monoisotopic (exact) mass is 211 g/mol. The van der Waals surface area contributed by atoms with Gasteiger partial charge in [-0.1, -0.05) is 11.6 Å². The molecule has 0 N–H and O–H groups in total. The standard InChI is InChI=1S/C12H21NO2/c1-10(2)7-5-6-8-12-13(15-12)11(3,4)9-14-12/h7H,5-6,8-9H2,1-4H3. The minimum atomic E-state index is -0.362. The fourth-order valence-corrected chi connectivity index (χ4v) is 2.08. The van der Waals surface area contributed by atoms with Gasteiger partial charge in [0.1, 0.15) is 0 Å². The second-order valence-electron chi connectivity index (χ2n) is 5.37. The Kier molecular flexibility index (Phi) is 2.65. The predicted octanol–water partition coefficient (Wildman–Crippen LogP) is 2.83. The zero-order valence-electron chi connectivity index (χ0n) is 10.2. The maximum absolute atomic E-state index is 5.72. The van der Waals surface area contributed by atoms with Crippen molar-refractivity contribution in [2.45, 2.75) is 58.4 Å². The highest BCUT2D eigenvalue weighted by Gasteiger charge is 2.67. The zero-order valence-corrected chi connectivity index (χ0v) is 10.2. The number of unbranched alkanes of at least 4 members (excludes halogenated alkanes) is 1. The Bertz CT molecular complexity index is 281. The summed E-state index contributed by atoms with van der Waals surface area (Å²) >= 11 is 0. The smallest absolute Gasteiger partial charge is 0.270 e. The zero-order chi connectivity index (χ0) is 11.1. The normalized spacial score (nSPS) is 36.1. The number of hydrogen-bond acceptors (Lipinski definition) is 3. The van der Waals surface area contributed by atoms with Crippen LogP contribution in [0.15, 0.2) is 11.6 Å². The Morgan fingerprint density at radius 1 is 1.40 bits per heavy atom. The van der Waals surface area contributed by atoms with E-state index in [0.29, 0.717) is 0 Å². The minimum absolute atomic E-state index is 0.0521. The predicted molar refractivity (Wildman–Crippen MR) is 59.0 cm³/mol. The molecule has 0 amide bonds. The van der Waals surface area contributed by atoms with E-state index in [2.05, 4.69) is 33.8 Å². The molecule has 0 radical (unpaired) electrons. The summed E-state index contributed by atoms with van der Waals surface area (Å²) in [4.78, 5) is 5.55. The summed E-state index contributed by atoms with van der Waals surface area (Å²) in [6, 6.07) is 0. The van der Waals surface area contributed by atoms with Gasteiger partial charge in [0.2, 0.25) is 0 Å². The number of allylic oxidation sites excluding steroid dienone is 2. The number of fused-ring (bicyclic) bond motifs is 1. The lowest BCUT2D eigenvalue weighted by atomic mass is 10.1. The molecule has 3 heteroatoms. The largest absolute Gasteiger partial charge is 0.333 e. The topological polar surface area (TPSA) is 24.8 Å². The van der Waals surface area contributed by atoms with E-state index in [1.807, 2.05) is 5.06 Å². The average Bonchev–Trinajstić information content (AvgIpc) is 2.81. The third-order valence-corrected chi connectivity index (χ3v) is 2.96. The van der Waals surface area contributed by atoms with Gasteiger partial charge in [0, 0.05) is 6.42 Å². The quantitative estimate of drug-likeness (QED) is 0.406. The summed E-state index contributed by atoms with van der Waals surface area (Å²) in [7, 11) is 0. The average molecular weight is 211 g/mol. The van der Waals surface area contributed by atoms with Gasteiger partial charge >= 0.3 is 0 Å². The molecule has 0 aromatic heterocycles. The highest BCUT2D eigenvalue weighted by Crippen LogP contribution is 2.51. The molecule has 0 saturated carbocycles. The van der Waals surface area contributed by atoms with E-state index in [-0.39, 0.29) is 11.4 Å². The van der Waals surface area contributed by atoms with E-state index in [0.717, 1.165) is 25.9 Å². The van der Waals surface area contributed by atoms with Gasteiger partial charge in [-0.25, -0.2) is 4.84 Å². The Hall–Kier alpha value is -0.380. The molecule has 2 unspecified atom stereocenters. The molecule has 0 spiro atoms. The van der Waals surface area contributed by atoms with Gasteiger partial charge in [-0.15, -0.1) is 5.06 Å². The summed E-state index contributed by atoms with van der Waals surface area (Å²) in [5.74, 6) is -0.362. The van der Waals surface area contributed by atoms with Crippen molar-refractivity contribution in [3.05, 3.63) is 11.6 Å². The molecule has 15 heavy (non-hydrogen) atoms. The van der Waals surface area contributed by atoms with Crippen LogP contribution in [-0.4, -0.2) is 23.1 Å². The minimum Gasteiger partial charge on any atom is -0.333 e. The Balaban J connectivity index is 1.77. The van der Waals surface area contributed by atoms with Crippen molar-refractivity contribution in [3.8, 4) is 0 Å². The van der Waals surface area contributed by atoms with Crippen molar-refractivity contribution in [2.75, 3.05) is 6.61 Å². The molecule has 2 fully saturated rings. The number of ether oxygens (including phenoxy) is 1. The van der Waals surface area contributed by atoms with Gasteiger partial charge in [-0.3, -0.25) is 0 Å². The van der Waals surface area contributed by atoms with Crippen molar-refractivity contribution in [1.29, 1.82) is 0 Å². The van der Waals surface area contributed by atoms with Crippen LogP contribution >= 0.6 is 0 Å². The molecule has 0 aromatic carbocycles. The second kappa shape index (κ2) is 3.58. The van der Waals surface area contributed by atoms with Crippen molar-refractivity contribution in [3.63, 3.8) is 0 Å². The molecule has 86 valence electrons. The summed E-state index contributed by atoms with van der Waals surface area (Å²) in [5.41, 5.74) is 1.44. The summed E-state index contributed by atoms with van der Waals surface area (Å²) in [6.45, 7) is 9.34. The lowest BCUT2D eigenvalue weighted by Gasteiger charge is -2.15. The van der Waals surface area contributed by atoms with Crippen LogP contribution in [0, 0.1) is 0 Å². The highest BCUT2D eigenvalue weighted by atomic mass is 17.0. The third-order valence-electron chi connectivity index (χ3n) is 2.96. The van der Waals surface area contributed by atoms with Gasteiger partial charge in [0.25, 0.3) is 5.91 Å². The molecular weight excluding hydrogens is 190 g/mol. The SMILES string of the molecule is CC(C)=CCCCC12OCC(C)(C)N1O2. The lowest BCUT2D eigenvalue weighted by Crippen LogP contribution is -2.30. The Morgan fingerprint density at radius 2 is 2.13 bits per heavy atom. The van der Waals surface area contributed by atoms with Crippen LogP contribution in [0.5, 0.6) is 0 Å². The summed E-state index contributed by atoms with van der Waals surface area (Å²) < 4.78 is 5.72. The van der Waals surface area contributed by atoms with Crippen molar-refractivity contribution < 1.29 is 9.57 Å². The number of hydrogen-bond donors (Lipinski definition) is 0. The van der Waals surface area contributed by atoms with Crippen molar-refractivity contribution in [1.82, 2.24) is 5.06 Å². The van der Waals surface area contributed by atoms with Gasteiger partial charge in [0.05, 0.1) is 12.1 Å². The van der Waals surface area contributed by atoms with Gasteiger partial charge < -0.3 is 4.74 Å². The lowest BCUT2D eigenvalue weighted by molar-refractivity contribution is -0.0664. The van der Waals surface area contributed by atoms with E-state index in [1.165, 1.54) is 5.57 Å². The molecule has 0 bridgehead atoms. The van der Waals surface area contributed by atoms with E-state index in [9.17, 15) is 0 Å². The molecule has 2 aliphatic heterocycles. The van der Waals surface area contributed by atoms with Crippen LogP contribution in [0.3, 0.4) is 0 Å². The van der Waals surface area contributed by atoms with Crippen molar-refractivity contribution >= 4 is 0 Å². The van der Waals surface area contributed by atoms with E-state index < -0.39 is 0 Å². The van der Waals surface area contributed by atoms with Gasteiger partial charge in [0.15, 0.2) is 0 Å². The first-order valence-electron chi connectivity index (χ1n) is 5.73. The van der Waals surface area contributed by atoms with Crippen LogP contribution < -0.4 is 0 Å². The van der Waals surface area contributed by atoms with Crippen LogP contribution in [0.25, 0.3) is 0 Å². The number of rotatable bonds is 4. The first-order valence-corrected chi connectivity index (χ1v) is 5.73. The fraction of sp³-hybridized carbons (Fsp3) is 0.833. The maximum atomic E-state index is 5.72. The molecule has 2 atom stereocenters. The molecular formula is C12H21NO2. The van der Waals surface area contributed by atoms with E-state index in [1.54, 1.807) is 0 Å². The number of nitrogens with zero attached hydrogens (tertiary/aromatic N) is 1. The molecule has 2 heterocycles. The Morgan fingerprint density at radius 3 is 2.60 bits per heavy atom. The summed E-state index contributed by atoms with van der Waals surface area (Å²) in [5, 5.41) is 2.00. The van der Waals surface area contributed by atoms with E-state index >= 15 is 0 Å². The molecule has 2 aliphatic rings. The molecule has 0 aromatic rings. The second-order valence-corrected chi connectivity index (χ2v) is 5.37. The fourth-order valence-electron chi connectivity index (χ4n) is 2.08. The third kappa shape index (κ3) is 2.10. The first-order chi connectivity index (χ1) is 6.96. The molecule has 0 aliphatic carbocycles. The maximum Gasteiger partial charge on any atom is 0.270 e. The number of hydroxylamine groups is 2. The molecule has 2 rings (SSSR count). The molecule has 3 nitrogen and oxygen atoms in total. The van der Waals surface area contributed by atoms with Crippen LogP contribution in [0.1, 0.15) is 47.0 Å². The van der Waals surface area contributed by atoms with Crippen LogP contribution in [-0.2, 0) is 9.57 Å². The van der Waals surface area contributed by atoms with Gasteiger partial charge in [-0.05, 0) is 40.5 Å². The van der Waals surface area contributed by atoms with Crippen LogP contribution in [0.4, 0.5) is 0 Å². The van der Waals surface area contributed by atoms with Crippen LogP contribution in [0.2, 0.25) is 0 Å². The van der Waals surface area contributed by atoms with Crippen molar-refractivity contribution in [2.24, 2.45) is 0 Å². The van der Waals surface area contributed by atoms with Gasteiger partial charge in [-0.2, -0.15) is 0 Å². The van der Waals surface area contributed by atoms with E-state index in [4.69, 9.17) is 9.57 Å². The highest BCUT2D eigenvalue weighted by molar-refractivity contribution is 4.98. The summed E-state index contributed by atoms with van der Waals surface area (Å²) in [6.07, 6.45) is 5.48. The molecule has 2 saturated heterocycles.